The van der Waals surface area contributed by atoms with E-state index < -0.39 is 26.1 Å². The smallest absolute Gasteiger partial charge is 0.272 e. The molecule has 0 amide bonds. The number of pyridine rings is 2. The number of alkyl halides is 4. The lowest BCUT2D eigenvalue weighted by atomic mass is 10.2. The fourth-order valence-electron chi connectivity index (χ4n) is 1.75. The molecule has 0 aliphatic rings. The molecule has 0 saturated carbocycles. The van der Waals surface area contributed by atoms with E-state index in [-0.39, 0.29) is 22.6 Å². The zero-order valence-electron chi connectivity index (χ0n) is 14.9. The molecule has 0 aromatic carbocycles. The number of hydrogen-bond donors (Lipinski definition) is 2. The number of nitrogens with two attached hydrogens (primary N) is 2. The van der Waals surface area contributed by atoms with Crippen molar-refractivity contribution in [3.05, 3.63) is 33.0 Å². The summed E-state index contributed by atoms with van der Waals surface area (Å²) >= 11 is 8.61. The summed E-state index contributed by atoms with van der Waals surface area (Å²) in [4.78, 5) is 7.66. The van der Waals surface area contributed by atoms with Crippen LogP contribution in [0.15, 0.2) is 16.6 Å². The number of nitrogen functional groups attached to an aromatic ring is 2. The average molecular weight is 490 g/mol. The van der Waals surface area contributed by atoms with Crippen molar-refractivity contribution in [1.29, 1.82) is 0 Å². The maximum Gasteiger partial charge on any atom is 0.272 e. The van der Waals surface area contributed by atoms with Gasteiger partial charge in [0.2, 0.25) is 11.8 Å². The van der Waals surface area contributed by atoms with Crippen LogP contribution in [0.5, 0.6) is 11.8 Å². The molecular weight excluding hydrogens is 472 g/mol. The molecule has 2 rings (SSSR count). The Labute approximate surface area is 172 Å². The summed E-state index contributed by atoms with van der Waals surface area (Å²) < 4.78 is 57.2. The van der Waals surface area contributed by atoms with Crippen LogP contribution >= 0.6 is 27.5 Å². The molecule has 0 aliphatic carbocycles. The molecule has 0 atom stereocenters. The van der Waals surface area contributed by atoms with E-state index in [0.29, 0.717) is 21.4 Å². The molecule has 156 valence electrons. The van der Waals surface area contributed by atoms with Gasteiger partial charge in [-0.25, -0.2) is 27.5 Å². The van der Waals surface area contributed by atoms with Crippen molar-refractivity contribution in [2.24, 2.45) is 0 Å². The predicted octanol–water partition coefficient (Wildman–Crippen LogP) is 4.65. The standard InChI is InChI=1S/C9H12F2N2O.C7H6BrClF2N2O/c1-5-3-7(12)6(2)9(13-5)14-4-8(10)11;8-6-3(12)1-4(9)13-7(6)14-2-5(10)11/h3,8H,4H2,1-2H3,(H2,12,13);1,5H,2H2,(H2,12,13). The van der Waals surface area contributed by atoms with Crippen LogP contribution < -0.4 is 20.9 Å². The molecule has 4 N–H and O–H groups in total. The summed E-state index contributed by atoms with van der Waals surface area (Å²) in [5.41, 5.74) is 13.1. The summed E-state index contributed by atoms with van der Waals surface area (Å²) in [7, 11) is 0. The minimum atomic E-state index is -2.57. The van der Waals surface area contributed by atoms with Crippen molar-refractivity contribution in [3.8, 4) is 11.8 Å². The van der Waals surface area contributed by atoms with Gasteiger partial charge in [-0.15, -0.1) is 0 Å². The maximum absolute atomic E-state index is 11.9. The van der Waals surface area contributed by atoms with Crippen LogP contribution in [0.25, 0.3) is 0 Å². The minimum absolute atomic E-state index is 0.0321. The van der Waals surface area contributed by atoms with Crippen molar-refractivity contribution < 1.29 is 27.0 Å². The molecule has 0 spiro atoms. The van der Waals surface area contributed by atoms with Crippen molar-refractivity contribution >= 4 is 38.9 Å². The number of anilines is 2. The van der Waals surface area contributed by atoms with E-state index >= 15 is 0 Å². The van der Waals surface area contributed by atoms with E-state index in [2.05, 4.69) is 30.6 Å². The van der Waals surface area contributed by atoms with Gasteiger partial charge in [-0.05, 0) is 41.9 Å². The lowest BCUT2D eigenvalue weighted by Gasteiger charge is -2.10. The monoisotopic (exact) mass is 488 g/mol. The van der Waals surface area contributed by atoms with Crippen molar-refractivity contribution in [1.82, 2.24) is 9.97 Å². The third-order valence-corrected chi connectivity index (χ3v) is 4.00. The zero-order chi connectivity index (χ0) is 21.4. The first kappa shape index (κ1) is 24.0. The number of rotatable bonds is 6. The first-order chi connectivity index (χ1) is 13.0. The molecule has 0 unspecified atom stereocenters. The SMILES string of the molecule is Cc1cc(N)c(C)c(OCC(F)F)n1.Nc1cc(Cl)nc(OCC(F)F)c1Br. The van der Waals surface area contributed by atoms with Gasteiger partial charge < -0.3 is 20.9 Å². The van der Waals surface area contributed by atoms with E-state index in [1.807, 2.05) is 0 Å². The molecular formula is C16H18BrClF4N4O2. The molecule has 0 saturated heterocycles. The maximum atomic E-state index is 11.9. The van der Waals surface area contributed by atoms with Gasteiger partial charge in [0.15, 0.2) is 13.2 Å². The first-order valence-corrected chi connectivity index (χ1v) is 8.85. The Balaban J connectivity index is 0.000000280. The molecule has 28 heavy (non-hydrogen) atoms. The summed E-state index contributed by atoms with van der Waals surface area (Å²) in [6.45, 7) is 2.01. The molecule has 0 radical (unpaired) electrons. The van der Waals surface area contributed by atoms with E-state index in [9.17, 15) is 17.6 Å². The third kappa shape index (κ3) is 7.93. The summed E-state index contributed by atoms with van der Waals surface area (Å²) in [6.07, 6.45) is -5.07. The average Bonchev–Trinajstić information content (AvgIpc) is 2.59. The highest BCUT2D eigenvalue weighted by atomic mass is 79.9. The van der Waals surface area contributed by atoms with Crippen molar-refractivity contribution in [2.45, 2.75) is 26.7 Å². The first-order valence-electron chi connectivity index (χ1n) is 7.68. The van der Waals surface area contributed by atoms with E-state index in [1.165, 1.54) is 6.07 Å². The van der Waals surface area contributed by atoms with Crippen molar-refractivity contribution in [3.63, 3.8) is 0 Å². The Morgan fingerprint density at radius 1 is 0.964 bits per heavy atom. The largest absolute Gasteiger partial charge is 0.471 e. The second-order valence-corrected chi connectivity index (χ2v) is 6.52. The topological polar surface area (TPSA) is 96.3 Å². The number of hydrogen-bond acceptors (Lipinski definition) is 6. The van der Waals surface area contributed by atoms with Crippen LogP contribution in [-0.4, -0.2) is 36.0 Å². The molecule has 2 aromatic heterocycles. The fraction of sp³-hybridized carbons (Fsp3) is 0.375. The summed E-state index contributed by atoms with van der Waals surface area (Å²) in [5.74, 6) is 0.151. The predicted molar refractivity (Wildman–Crippen MR) is 102 cm³/mol. The molecule has 0 aliphatic heterocycles. The normalized spacial score (nSPS) is 10.6. The third-order valence-electron chi connectivity index (χ3n) is 3.01. The van der Waals surface area contributed by atoms with E-state index in [0.717, 1.165) is 0 Å². The number of aromatic nitrogens is 2. The Morgan fingerprint density at radius 2 is 1.50 bits per heavy atom. The minimum Gasteiger partial charge on any atom is -0.471 e. The highest BCUT2D eigenvalue weighted by Gasteiger charge is 2.12. The highest BCUT2D eigenvalue weighted by Crippen LogP contribution is 2.31. The molecule has 0 fully saturated rings. The van der Waals surface area contributed by atoms with Crippen LogP contribution in [0, 0.1) is 13.8 Å². The fourth-order valence-corrected chi connectivity index (χ4v) is 2.26. The van der Waals surface area contributed by atoms with E-state index in [4.69, 9.17) is 27.8 Å². The zero-order valence-corrected chi connectivity index (χ0v) is 17.2. The summed E-state index contributed by atoms with van der Waals surface area (Å²) in [6, 6.07) is 3.06. The Kier molecular flexibility index (Phi) is 9.53. The number of halogens is 6. The summed E-state index contributed by atoms with van der Waals surface area (Å²) in [5, 5.41) is 0.0926. The van der Waals surface area contributed by atoms with Crippen LogP contribution in [0.4, 0.5) is 28.9 Å². The van der Waals surface area contributed by atoms with Crippen LogP contribution in [-0.2, 0) is 0 Å². The second-order valence-electron chi connectivity index (χ2n) is 5.34. The Morgan fingerprint density at radius 3 is 2.04 bits per heavy atom. The van der Waals surface area contributed by atoms with Gasteiger partial charge in [-0.1, -0.05) is 11.6 Å². The van der Waals surface area contributed by atoms with Gasteiger partial charge >= 0.3 is 0 Å². The second kappa shape index (κ2) is 11.1. The molecule has 2 heterocycles. The van der Waals surface area contributed by atoms with Gasteiger partial charge in [0.25, 0.3) is 12.9 Å². The van der Waals surface area contributed by atoms with Gasteiger partial charge in [0.1, 0.15) is 9.63 Å². The van der Waals surface area contributed by atoms with Gasteiger partial charge in [-0.3, -0.25) is 0 Å². The van der Waals surface area contributed by atoms with Crippen molar-refractivity contribution in [2.75, 3.05) is 24.7 Å². The lowest BCUT2D eigenvalue weighted by molar-refractivity contribution is 0.0790. The van der Waals surface area contributed by atoms with Gasteiger partial charge in [0, 0.05) is 16.9 Å². The Hall–Kier alpha value is -2.01. The number of aryl methyl sites for hydroxylation is 1. The van der Waals surface area contributed by atoms with Gasteiger partial charge in [0.05, 0.1) is 5.69 Å². The Bertz CT molecular complexity index is 734. The molecule has 6 nitrogen and oxygen atoms in total. The van der Waals surface area contributed by atoms with Crippen LogP contribution in [0.2, 0.25) is 5.15 Å². The molecule has 2 aromatic rings. The van der Waals surface area contributed by atoms with Gasteiger partial charge in [-0.2, -0.15) is 0 Å². The quantitative estimate of drug-likeness (QED) is 0.453. The molecule has 0 bridgehead atoms. The number of nitrogens with zero attached hydrogens (tertiary/aromatic N) is 2. The van der Waals surface area contributed by atoms with Crippen LogP contribution in [0.1, 0.15) is 11.3 Å². The van der Waals surface area contributed by atoms with E-state index in [1.54, 1.807) is 19.9 Å². The van der Waals surface area contributed by atoms with Crippen LogP contribution in [0.3, 0.4) is 0 Å². The lowest BCUT2D eigenvalue weighted by Crippen LogP contribution is -2.10. The molecule has 12 heteroatoms. The number of ether oxygens (including phenoxy) is 2. The highest BCUT2D eigenvalue weighted by molar-refractivity contribution is 9.10.